The monoisotopic (exact) mass is 99.0 g/mol. The second kappa shape index (κ2) is 1.33. The highest BCUT2D eigenvalue weighted by atomic mass is 16.2. The lowest BCUT2D eigenvalue weighted by Gasteiger charge is -1.78. The molecule has 38 valence electrons. The smallest absolute Gasteiger partial charge is 0.287 e. The van der Waals surface area contributed by atoms with Gasteiger partial charge in [-0.05, 0) is 0 Å². The number of hydrogen-bond donors (Lipinski definition) is 1. The van der Waals surface area contributed by atoms with Crippen LogP contribution in [-0.4, -0.2) is 18.2 Å². The lowest BCUT2D eigenvalue weighted by atomic mass is 10.3. The van der Waals surface area contributed by atoms with Gasteiger partial charge in [-0.2, -0.15) is 0 Å². The lowest BCUT2D eigenvalue weighted by Crippen LogP contribution is -2.18. The molecule has 0 aliphatic carbocycles. The molecule has 0 atom stereocenters. The van der Waals surface area contributed by atoms with Gasteiger partial charge in [-0.15, -0.1) is 0 Å². The first-order valence-corrected chi connectivity index (χ1v) is 2.12. The molecule has 1 N–H and O–H groups in total. The second-order valence-electron chi connectivity index (χ2n) is 1.43. The Morgan fingerprint density at radius 1 is 1.43 bits per heavy atom. The van der Waals surface area contributed by atoms with Crippen LogP contribution in [0.3, 0.4) is 0 Å². The van der Waals surface area contributed by atoms with Gasteiger partial charge in [-0.1, -0.05) is 0 Å². The van der Waals surface area contributed by atoms with Gasteiger partial charge in [0.25, 0.3) is 5.91 Å². The fourth-order valence-electron chi connectivity index (χ4n) is 0.502. The van der Waals surface area contributed by atoms with Crippen LogP contribution in [0.15, 0.2) is 0 Å². The number of nitrogens with one attached hydrogen (secondary N) is 1. The van der Waals surface area contributed by atoms with E-state index in [9.17, 15) is 9.59 Å². The molecule has 3 heteroatoms. The molecule has 1 rings (SSSR count). The zero-order valence-electron chi connectivity index (χ0n) is 3.73. The van der Waals surface area contributed by atoms with E-state index in [0.29, 0.717) is 13.0 Å². The summed E-state index contributed by atoms with van der Waals surface area (Å²) in [6.07, 6.45) is 0.374. The van der Waals surface area contributed by atoms with Crippen molar-refractivity contribution < 1.29 is 9.59 Å². The van der Waals surface area contributed by atoms with Crippen LogP contribution in [0.1, 0.15) is 6.42 Å². The minimum Gasteiger partial charge on any atom is -0.349 e. The van der Waals surface area contributed by atoms with E-state index in [1.165, 1.54) is 0 Å². The standard InChI is InChI=1S/C4H5NO2/c6-3-1-2-5-4(3)7/h1-2H2,(H,5,7). The fourth-order valence-corrected chi connectivity index (χ4v) is 0.502. The van der Waals surface area contributed by atoms with Gasteiger partial charge in [0.1, 0.15) is 0 Å². The molecule has 0 radical (unpaired) electrons. The molecule has 1 saturated heterocycles. The number of Topliss-reactive ketones (excluding diaryl/α,β-unsaturated/α-hetero) is 1. The topological polar surface area (TPSA) is 46.2 Å². The van der Waals surface area contributed by atoms with Crippen LogP contribution in [0.4, 0.5) is 0 Å². The Hall–Kier alpha value is -0.860. The van der Waals surface area contributed by atoms with Gasteiger partial charge >= 0.3 is 0 Å². The molecule has 0 aromatic heterocycles. The van der Waals surface area contributed by atoms with Crippen molar-refractivity contribution in [2.75, 3.05) is 6.54 Å². The quantitative estimate of drug-likeness (QED) is 0.399. The van der Waals surface area contributed by atoms with E-state index in [-0.39, 0.29) is 5.78 Å². The molecule has 1 heterocycles. The molecule has 1 amide bonds. The molecule has 0 bridgehead atoms. The minimum absolute atomic E-state index is 0.292. The highest BCUT2D eigenvalue weighted by Gasteiger charge is 2.18. The molecule has 0 unspecified atom stereocenters. The maximum atomic E-state index is 10.2. The highest BCUT2D eigenvalue weighted by molar-refractivity contribution is 6.37. The zero-order chi connectivity index (χ0) is 5.28. The molecule has 1 aliphatic heterocycles. The van der Waals surface area contributed by atoms with Crippen LogP contribution in [0.2, 0.25) is 0 Å². The maximum absolute atomic E-state index is 10.2. The van der Waals surface area contributed by atoms with Crippen LogP contribution in [-0.2, 0) is 9.59 Å². The Morgan fingerprint density at radius 3 is 2.29 bits per heavy atom. The maximum Gasteiger partial charge on any atom is 0.287 e. The Balaban J connectivity index is 2.65. The summed E-state index contributed by atoms with van der Waals surface area (Å²) in [5.74, 6) is -0.722. The SMILES string of the molecule is O=C1CCNC1=O. The Labute approximate surface area is 40.7 Å². The predicted molar refractivity (Wildman–Crippen MR) is 22.6 cm³/mol. The lowest BCUT2D eigenvalue weighted by molar-refractivity contribution is -0.135. The molecule has 0 aromatic rings. The summed E-state index contributed by atoms with van der Waals surface area (Å²) in [6, 6.07) is 0. The van der Waals surface area contributed by atoms with Crippen LogP contribution in [0.25, 0.3) is 0 Å². The molecule has 3 nitrogen and oxygen atoms in total. The van der Waals surface area contributed by atoms with Crippen LogP contribution in [0, 0.1) is 0 Å². The number of hydrogen-bond acceptors (Lipinski definition) is 2. The fraction of sp³-hybridized carbons (Fsp3) is 0.500. The minimum atomic E-state index is -0.431. The first kappa shape index (κ1) is 4.30. The normalized spacial score (nSPS) is 20.0. The first-order valence-electron chi connectivity index (χ1n) is 2.12. The highest BCUT2D eigenvalue weighted by Crippen LogP contribution is 1.88. The molecule has 0 spiro atoms. The van der Waals surface area contributed by atoms with Crippen molar-refractivity contribution in [1.82, 2.24) is 5.32 Å². The van der Waals surface area contributed by atoms with Gasteiger partial charge in [0.15, 0.2) is 0 Å². The van der Waals surface area contributed by atoms with Gasteiger partial charge in [0.2, 0.25) is 5.78 Å². The average molecular weight is 99.1 g/mol. The van der Waals surface area contributed by atoms with Crippen molar-refractivity contribution >= 4 is 11.7 Å². The largest absolute Gasteiger partial charge is 0.349 e. The Morgan fingerprint density at radius 2 is 2.14 bits per heavy atom. The second-order valence-corrected chi connectivity index (χ2v) is 1.43. The summed E-state index contributed by atoms with van der Waals surface area (Å²) in [7, 11) is 0. The number of carbonyl (C=O) groups is 2. The molecule has 1 aliphatic rings. The van der Waals surface area contributed by atoms with E-state index in [2.05, 4.69) is 5.32 Å². The van der Waals surface area contributed by atoms with Crippen molar-refractivity contribution in [1.29, 1.82) is 0 Å². The van der Waals surface area contributed by atoms with Crippen molar-refractivity contribution in [3.8, 4) is 0 Å². The molecule has 0 aromatic carbocycles. The summed E-state index contributed by atoms with van der Waals surface area (Å²) in [6.45, 7) is 0.525. The first-order chi connectivity index (χ1) is 3.30. The summed E-state index contributed by atoms with van der Waals surface area (Å²) in [5, 5.41) is 2.38. The average Bonchev–Trinajstić information content (AvgIpc) is 1.91. The van der Waals surface area contributed by atoms with E-state index in [4.69, 9.17) is 0 Å². The van der Waals surface area contributed by atoms with Gasteiger partial charge < -0.3 is 5.32 Å². The number of rotatable bonds is 0. The third-order valence-electron chi connectivity index (χ3n) is 0.891. The third-order valence-corrected chi connectivity index (χ3v) is 0.891. The zero-order valence-corrected chi connectivity index (χ0v) is 3.73. The molecular weight excluding hydrogens is 94.0 g/mol. The van der Waals surface area contributed by atoms with Crippen LogP contribution in [0.5, 0.6) is 0 Å². The van der Waals surface area contributed by atoms with Gasteiger partial charge in [-0.25, -0.2) is 0 Å². The van der Waals surface area contributed by atoms with Gasteiger partial charge in [-0.3, -0.25) is 9.59 Å². The summed E-state index contributed by atoms with van der Waals surface area (Å²) < 4.78 is 0. The number of ketones is 1. The summed E-state index contributed by atoms with van der Waals surface area (Å²) in [5.41, 5.74) is 0. The van der Waals surface area contributed by atoms with E-state index in [1.54, 1.807) is 0 Å². The van der Waals surface area contributed by atoms with Crippen LogP contribution < -0.4 is 5.32 Å². The molecular formula is C4H5NO2. The van der Waals surface area contributed by atoms with Crippen molar-refractivity contribution in [3.05, 3.63) is 0 Å². The van der Waals surface area contributed by atoms with Gasteiger partial charge in [0.05, 0.1) is 0 Å². The van der Waals surface area contributed by atoms with Crippen molar-refractivity contribution in [2.45, 2.75) is 6.42 Å². The van der Waals surface area contributed by atoms with Crippen molar-refractivity contribution in [2.24, 2.45) is 0 Å². The van der Waals surface area contributed by atoms with Crippen molar-refractivity contribution in [3.63, 3.8) is 0 Å². The summed E-state index contributed by atoms with van der Waals surface area (Å²) in [4.78, 5) is 20.3. The van der Waals surface area contributed by atoms with Crippen LogP contribution >= 0.6 is 0 Å². The van der Waals surface area contributed by atoms with E-state index < -0.39 is 5.91 Å². The molecule has 0 saturated carbocycles. The molecule has 1 fully saturated rings. The predicted octanol–water partition coefficient (Wildman–Crippen LogP) is -0.925. The van der Waals surface area contributed by atoms with E-state index in [1.807, 2.05) is 0 Å². The van der Waals surface area contributed by atoms with E-state index >= 15 is 0 Å². The van der Waals surface area contributed by atoms with E-state index in [0.717, 1.165) is 0 Å². The molecule has 7 heavy (non-hydrogen) atoms. The summed E-state index contributed by atoms with van der Waals surface area (Å²) >= 11 is 0. The number of amides is 1. The third kappa shape index (κ3) is 0.607. The Bertz CT molecular complexity index is 105. The van der Waals surface area contributed by atoms with Gasteiger partial charge in [0, 0.05) is 13.0 Å². The Kier molecular flexibility index (Phi) is 0.817. The number of carbonyl (C=O) groups excluding carboxylic acids is 2.